The fraction of sp³-hybridized carbons (Fsp3) is 0.526. The van der Waals surface area contributed by atoms with Crippen molar-refractivity contribution in [3.05, 3.63) is 29.2 Å². The van der Waals surface area contributed by atoms with Gasteiger partial charge in [0.15, 0.2) is 11.6 Å². The number of ether oxygens (including phenoxy) is 1. The van der Waals surface area contributed by atoms with Gasteiger partial charge < -0.3 is 25.4 Å². The summed E-state index contributed by atoms with van der Waals surface area (Å²) in [6, 6.07) is 1.56. The molecule has 6 nitrogen and oxygen atoms in total. The minimum Gasteiger partial charge on any atom is -0.492 e. The zero-order chi connectivity index (χ0) is 19.3. The molecule has 3 aliphatic rings. The van der Waals surface area contributed by atoms with Crippen molar-refractivity contribution in [2.75, 3.05) is 36.7 Å². The Hall–Kier alpha value is -2.35. The third-order valence-electron chi connectivity index (χ3n) is 5.58. The predicted molar refractivity (Wildman–Crippen MR) is 97.6 cm³/mol. The molecule has 0 radical (unpaired) electrons. The van der Waals surface area contributed by atoms with Crippen molar-refractivity contribution in [3.8, 4) is 5.75 Å². The number of alkyl halides is 1. The number of rotatable bonds is 5. The minimum atomic E-state index is -1.01. The maximum atomic E-state index is 15.1. The first-order valence-electron chi connectivity index (χ1n) is 9.08. The van der Waals surface area contributed by atoms with E-state index in [0.29, 0.717) is 30.0 Å². The monoisotopic (exact) mass is 379 g/mol. The normalized spacial score (nSPS) is 24.7. The number of nitrogens with two attached hydrogens (primary N) is 1. The largest absolute Gasteiger partial charge is 0.492 e. The molecule has 0 spiro atoms. The molecule has 1 aromatic rings. The van der Waals surface area contributed by atoms with E-state index in [1.54, 1.807) is 11.1 Å². The number of methoxy groups -OCH3 is 1. The molecule has 1 saturated heterocycles. The van der Waals surface area contributed by atoms with E-state index < -0.39 is 24.0 Å². The van der Waals surface area contributed by atoms with Crippen LogP contribution in [0.2, 0.25) is 0 Å². The van der Waals surface area contributed by atoms with E-state index >= 15 is 4.39 Å². The lowest BCUT2D eigenvalue weighted by atomic mass is 9.97. The number of anilines is 2. The van der Waals surface area contributed by atoms with E-state index in [4.69, 9.17) is 10.5 Å². The van der Waals surface area contributed by atoms with Gasteiger partial charge in [-0.15, -0.1) is 0 Å². The summed E-state index contributed by atoms with van der Waals surface area (Å²) in [6.07, 6.45) is 4.07. The molecule has 0 aromatic heterocycles. The lowest BCUT2D eigenvalue weighted by Crippen LogP contribution is -2.45. The fourth-order valence-corrected chi connectivity index (χ4v) is 4.01. The van der Waals surface area contributed by atoms with Gasteiger partial charge in [0.05, 0.1) is 23.9 Å². The van der Waals surface area contributed by atoms with Gasteiger partial charge in [0.25, 0.3) is 0 Å². The van der Waals surface area contributed by atoms with Crippen LogP contribution >= 0.6 is 0 Å². The van der Waals surface area contributed by atoms with Crippen LogP contribution in [0.25, 0.3) is 0 Å². The van der Waals surface area contributed by atoms with Crippen molar-refractivity contribution in [3.63, 3.8) is 0 Å². The predicted octanol–water partition coefficient (Wildman–Crippen LogP) is 2.20. The zero-order valence-corrected chi connectivity index (χ0v) is 15.2. The first-order chi connectivity index (χ1) is 12.9. The summed E-state index contributed by atoms with van der Waals surface area (Å²) < 4.78 is 33.9. The molecule has 1 saturated carbocycles. The molecule has 0 amide bonds. The number of carbonyl (C=O) groups is 1. The second kappa shape index (κ2) is 6.37. The van der Waals surface area contributed by atoms with Crippen molar-refractivity contribution < 1.29 is 23.4 Å². The molecule has 1 aromatic carbocycles. The topological polar surface area (TPSA) is 79.0 Å². The molecular weight excluding hydrogens is 356 g/mol. The van der Waals surface area contributed by atoms with Crippen LogP contribution in [-0.4, -0.2) is 49.5 Å². The zero-order valence-electron chi connectivity index (χ0n) is 15.2. The summed E-state index contributed by atoms with van der Waals surface area (Å²) in [5.41, 5.74) is 6.84. The van der Waals surface area contributed by atoms with Gasteiger partial charge in [-0.25, -0.2) is 13.6 Å². The average Bonchev–Trinajstić information content (AvgIpc) is 3.42. The minimum absolute atomic E-state index is 0.132. The molecule has 2 fully saturated rings. The summed E-state index contributed by atoms with van der Waals surface area (Å²) in [6.45, 7) is -0.0291. The summed E-state index contributed by atoms with van der Waals surface area (Å²) >= 11 is 0. The summed E-state index contributed by atoms with van der Waals surface area (Å²) in [5, 5.41) is 9.41. The first kappa shape index (κ1) is 18.0. The van der Waals surface area contributed by atoms with Crippen LogP contribution in [0.4, 0.5) is 20.2 Å². The van der Waals surface area contributed by atoms with E-state index in [2.05, 4.69) is 0 Å². The smallest absolute Gasteiger partial charge is 0.333 e. The Morgan fingerprint density at radius 3 is 2.74 bits per heavy atom. The third kappa shape index (κ3) is 3.01. The number of hydrogen-bond donors (Lipinski definition) is 2. The molecule has 4 rings (SSSR count). The Labute approximate surface area is 156 Å². The summed E-state index contributed by atoms with van der Waals surface area (Å²) in [7, 11) is 1.47. The van der Waals surface area contributed by atoms with E-state index in [1.165, 1.54) is 13.2 Å². The molecule has 0 bridgehead atoms. The van der Waals surface area contributed by atoms with Crippen molar-refractivity contribution >= 4 is 17.3 Å². The number of carboxylic acids is 1. The molecule has 1 aliphatic carbocycles. The summed E-state index contributed by atoms with van der Waals surface area (Å²) in [5.74, 6) is -1.15. The fourth-order valence-electron chi connectivity index (χ4n) is 4.01. The number of benzene rings is 1. The van der Waals surface area contributed by atoms with Crippen LogP contribution in [0.1, 0.15) is 24.8 Å². The Bertz CT molecular complexity index is 825. The quantitative estimate of drug-likeness (QED) is 0.817. The second-order valence-corrected chi connectivity index (χ2v) is 7.69. The van der Waals surface area contributed by atoms with E-state index in [-0.39, 0.29) is 30.3 Å². The maximum Gasteiger partial charge on any atom is 0.333 e. The van der Waals surface area contributed by atoms with Gasteiger partial charge in [0.2, 0.25) is 0 Å². The SMILES string of the molecule is COc1c(N2CC[C@@](N)(CF)C2)c(F)cc2c1N(C1CC1)C=C(C(=O)O)C2. The van der Waals surface area contributed by atoms with Crippen LogP contribution < -0.4 is 20.3 Å². The molecule has 8 heteroatoms. The van der Waals surface area contributed by atoms with Crippen LogP contribution in [-0.2, 0) is 11.2 Å². The molecule has 146 valence electrons. The molecular formula is C19H23F2N3O3. The van der Waals surface area contributed by atoms with Crippen LogP contribution in [0.15, 0.2) is 17.8 Å². The van der Waals surface area contributed by atoms with Crippen LogP contribution in [0.3, 0.4) is 0 Å². The van der Waals surface area contributed by atoms with Gasteiger partial charge >= 0.3 is 5.97 Å². The van der Waals surface area contributed by atoms with Crippen molar-refractivity contribution in [1.82, 2.24) is 0 Å². The van der Waals surface area contributed by atoms with Crippen molar-refractivity contribution in [1.29, 1.82) is 0 Å². The number of halogens is 2. The van der Waals surface area contributed by atoms with Crippen LogP contribution in [0, 0.1) is 5.82 Å². The van der Waals surface area contributed by atoms with Gasteiger partial charge in [-0.05, 0) is 30.9 Å². The van der Waals surface area contributed by atoms with Gasteiger partial charge in [-0.3, -0.25) is 0 Å². The second-order valence-electron chi connectivity index (χ2n) is 7.69. The third-order valence-corrected chi connectivity index (χ3v) is 5.58. The Morgan fingerprint density at radius 1 is 1.44 bits per heavy atom. The Kier molecular flexibility index (Phi) is 4.25. The highest BCUT2D eigenvalue weighted by Crippen LogP contribution is 2.49. The maximum absolute atomic E-state index is 15.1. The molecule has 27 heavy (non-hydrogen) atoms. The number of fused-ring (bicyclic) bond motifs is 1. The molecule has 2 aliphatic heterocycles. The van der Waals surface area contributed by atoms with E-state index in [9.17, 15) is 14.3 Å². The summed E-state index contributed by atoms with van der Waals surface area (Å²) in [4.78, 5) is 15.1. The highest BCUT2D eigenvalue weighted by Gasteiger charge is 2.40. The lowest BCUT2D eigenvalue weighted by molar-refractivity contribution is -0.132. The Morgan fingerprint density at radius 2 is 2.19 bits per heavy atom. The highest BCUT2D eigenvalue weighted by molar-refractivity contribution is 5.91. The number of aliphatic carboxylic acids is 1. The number of carboxylic acid groups (broad SMARTS) is 1. The standard InChI is InChI=1S/C19H23F2N3O3/c1-27-17-15-11(6-12(18(25)26)8-24(15)13-2-3-13)7-14(21)16(17)23-5-4-19(22,9-20)10-23/h7-8,13H,2-6,9-10,22H2,1H3,(H,25,26)/t19-/m1/s1. The van der Waals surface area contributed by atoms with Crippen LogP contribution in [0.5, 0.6) is 5.75 Å². The van der Waals surface area contributed by atoms with Gasteiger partial charge in [-0.1, -0.05) is 0 Å². The number of nitrogens with zero attached hydrogens (tertiary/aromatic N) is 2. The molecule has 3 N–H and O–H groups in total. The van der Waals surface area contributed by atoms with Gasteiger partial charge in [0.1, 0.15) is 12.4 Å². The first-order valence-corrected chi connectivity index (χ1v) is 9.08. The van der Waals surface area contributed by atoms with E-state index in [0.717, 1.165) is 12.8 Å². The Balaban J connectivity index is 1.82. The van der Waals surface area contributed by atoms with Gasteiger partial charge in [0, 0.05) is 31.8 Å². The van der Waals surface area contributed by atoms with Crippen molar-refractivity contribution in [2.45, 2.75) is 37.3 Å². The average molecular weight is 379 g/mol. The molecule has 0 unspecified atom stereocenters. The lowest BCUT2D eigenvalue weighted by Gasteiger charge is -2.33. The molecule has 1 atom stereocenters. The van der Waals surface area contributed by atoms with Crippen molar-refractivity contribution in [2.24, 2.45) is 5.73 Å². The van der Waals surface area contributed by atoms with E-state index in [1.807, 2.05) is 4.90 Å². The van der Waals surface area contributed by atoms with Gasteiger partial charge in [-0.2, -0.15) is 0 Å². The highest BCUT2D eigenvalue weighted by atomic mass is 19.1. The number of hydrogen-bond acceptors (Lipinski definition) is 5. The molecule has 2 heterocycles.